The van der Waals surface area contributed by atoms with Crippen LogP contribution in [0.1, 0.15) is 5.56 Å². The Balaban J connectivity index is 1.21. The second-order valence-corrected chi connectivity index (χ2v) is 15.4. The summed E-state index contributed by atoms with van der Waals surface area (Å²) in [6, 6.07) is 64.7. The van der Waals surface area contributed by atoms with E-state index in [1.165, 1.54) is 16.3 Å². The molecule has 0 unspecified atom stereocenters. The Bertz CT molecular complexity index is 3770. The van der Waals surface area contributed by atoms with Crippen LogP contribution in [0.2, 0.25) is 0 Å². The lowest BCUT2D eigenvalue weighted by molar-refractivity contribution is 0.847. The number of hydrogen-bond acceptors (Lipinski definition) is 3. The van der Waals surface area contributed by atoms with Crippen molar-refractivity contribution in [2.75, 3.05) is 0 Å². The van der Waals surface area contributed by atoms with Crippen LogP contribution in [-0.4, -0.2) is 33.2 Å². The first-order valence-corrected chi connectivity index (χ1v) is 20.0. The zero-order valence-corrected chi connectivity index (χ0v) is 32.0. The minimum Gasteiger partial charge on any atom is -0.307 e. The molecule has 0 N–H and O–H groups in total. The largest absolute Gasteiger partial charge is 0.307 e. The Morgan fingerprint density at radius 3 is 1.10 bits per heavy atom. The molecule has 59 heavy (non-hydrogen) atoms. The third-order valence-electron chi connectivity index (χ3n) is 12.1. The molecule has 0 aliphatic carbocycles. The van der Waals surface area contributed by atoms with E-state index in [-0.39, 0.29) is 0 Å². The van der Waals surface area contributed by atoms with Gasteiger partial charge >= 0.3 is 0 Å². The van der Waals surface area contributed by atoms with Crippen LogP contribution in [0.5, 0.6) is 0 Å². The van der Waals surface area contributed by atoms with E-state index in [1.54, 1.807) is 0 Å². The van der Waals surface area contributed by atoms with Gasteiger partial charge in [0.05, 0.1) is 49.8 Å². The van der Waals surface area contributed by atoms with Crippen LogP contribution < -0.4 is 0 Å². The van der Waals surface area contributed by atoms with Gasteiger partial charge in [0.25, 0.3) is 0 Å². The predicted octanol–water partition coefficient (Wildman–Crippen LogP) is 12.6. The van der Waals surface area contributed by atoms with Crippen molar-refractivity contribution in [2.45, 2.75) is 6.92 Å². The summed E-state index contributed by atoms with van der Waals surface area (Å²) < 4.78 is 9.05. The molecule has 0 amide bonds. The molecule has 0 saturated carbocycles. The minimum absolute atomic E-state index is 0.532. The van der Waals surface area contributed by atoms with Crippen LogP contribution in [0.3, 0.4) is 0 Å². The van der Waals surface area contributed by atoms with Crippen LogP contribution in [0.4, 0.5) is 0 Å². The van der Waals surface area contributed by atoms with Crippen molar-refractivity contribution in [3.05, 3.63) is 188 Å². The van der Waals surface area contributed by atoms with Crippen LogP contribution in [0, 0.1) is 6.92 Å². The Kier molecular flexibility index (Phi) is 6.52. The Morgan fingerprint density at radius 2 is 0.627 bits per heavy atom. The summed E-state index contributed by atoms with van der Waals surface area (Å²) in [5, 5.41) is 9.25. The average molecular weight is 756 g/mol. The molecule has 0 saturated heterocycles. The fraction of sp³-hybridized carbons (Fsp3) is 0.0192. The van der Waals surface area contributed by atoms with Gasteiger partial charge in [-0.25, -0.2) is 0 Å². The molecule has 7 nitrogen and oxygen atoms in total. The topological polar surface area (TPSA) is 58.4 Å². The first kappa shape index (κ1) is 32.1. The fourth-order valence-electron chi connectivity index (χ4n) is 9.65. The minimum atomic E-state index is 0.532. The highest BCUT2D eigenvalue weighted by Gasteiger charge is 2.25. The summed E-state index contributed by atoms with van der Waals surface area (Å²) >= 11 is 0. The molecule has 0 fully saturated rings. The van der Waals surface area contributed by atoms with E-state index >= 15 is 0 Å². The normalized spacial score (nSPS) is 12.2. The number of para-hydroxylation sites is 7. The van der Waals surface area contributed by atoms with Crippen LogP contribution in [0.15, 0.2) is 182 Å². The second-order valence-electron chi connectivity index (χ2n) is 15.4. The van der Waals surface area contributed by atoms with E-state index in [0.29, 0.717) is 17.8 Å². The summed E-state index contributed by atoms with van der Waals surface area (Å²) in [4.78, 5) is 16.5. The van der Waals surface area contributed by atoms with Crippen molar-refractivity contribution >= 4 is 87.2 Å². The number of nitrogens with zero attached hydrogens (tertiary/aromatic N) is 7. The van der Waals surface area contributed by atoms with Gasteiger partial charge in [0.1, 0.15) is 0 Å². The number of aryl methyl sites for hydroxylation is 1. The predicted molar refractivity (Wildman–Crippen MR) is 242 cm³/mol. The maximum Gasteiger partial charge on any atom is 0.241 e. The Labute approximate surface area is 337 Å². The third-order valence-corrected chi connectivity index (χ3v) is 12.1. The van der Waals surface area contributed by atoms with E-state index < -0.39 is 0 Å². The number of hydrogen-bond donors (Lipinski definition) is 0. The summed E-state index contributed by atoms with van der Waals surface area (Å²) in [7, 11) is 0. The van der Waals surface area contributed by atoms with Gasteiger partial charge in [-0.3, -0.25) is 13.7 Å². The number of fused-ring (bicyclic) bond motifs is 12. The Morgan fingerprint density at radius 1 is 0.288 bits per heavy atom. The third kappa shape index (κ3) is 4.44. The van der Waals surface area contributed by atoms with E-state index in [0.717, 1.165) is 82.1 Å². The average Bonchev–Trinajstić information content (AvgIpc) is 4.01. The molecule has 5 heterocycles. The maximum absolute atomic E-state index is 5.54. The van der Waals surface area contributed by atoms with Crippen LogP contribution >= 0.6 is 0 Å². The number of benzene rings is 8. The summed E-state index contributed by atoms with van der Waals surface area (Å²) in [6.07, 6.45) is 0. The molecule has 0 aliphatic heterocycles. The zero-order chi connectivity index (χ0) is 38.8. The smallest absolute Gasteiger partial charge is 0.241 e. The summed E-state index contributed by atoms with van der Waals surface area (Å²) in [6.45, 7) is 2.14. The molecule has 276 valence electrons. The molecule has 0 spiro atoms. The molecule has 7 heteroatoms. The first-order chi connectivity index (χ1) is 29.2. The SMILES string of the molecule is Cc1ccc2c(c1)c1ccccc1n2-c1nc(-n2c3ccccc3c3ccccc32)nc(-n2c3ccccc3c3cccc(-n4c5ccccc5c5ccccc54)c32)n1. The molecule has 5 aromatic heterocycles. The first-order valence-electron chi connectivity index (χ1n) is 20.0. The Hall–Kier alpha value is -8.03. The van der Waals surface area contributed by atoms with Gasteiger partial charge < -0.3 is 4.57 Å². The summed E-state index contributed by atoms with van der Waals surface area (Å²) in [5.41, 5.74) is 10.7. The van der Waals surface area contributed by atoms with Gasteiger partial charge in [0, 0.05) is 43.1 Å². The van der Waals surface area contributed by atoms with Gasteiger partial charge in [-0.15, -0.1) is 0 Å². The maximum atomic E-state index is 5.54. The molecule has 0 bridgehead atoms. The summed E-state index contributed by atoms with van der Waals surface area (Å²) in [5.74, 6) is 1.62. The number of rotatable bonds is 4. The fourth-order valence-corrected chi connectivity index (χ4v) is 9.65. The van der Waals surface area contributed by atoms with Crippen molar-refractivity contribution in [3.63, 3.8) is 0 Å². The van der Waals surface area contributed by atoms with E-state index in [2.05, 4.69) is 207 Å². The van der Waals surface area contributed by atoms with Gasteiger partial charge in [-0.1, -0.05) is 133 Å². The lowest BCUT2D eigenvalue weighted by atomic mass is 10.1. The molecule has 8 aromatic carbocycles. The monoisotopic (exact) mass is 755 g/mol. The molecular formula is C52H33N7. The highest BCUT2D eigenvalue weighted by Crippen LogP contribution is 2.40. The second kappa shape index (κ2) is 12.0. The van der Waals surface area contributed by atoms with Crippen molar-refractivity contribution in [1.29, 1.82) is 0 Å². The van der Waals surface area contributed by atoms with Crippen molar-refractivity contribution in [3.8, 4) is 23.5 Å². The van der Waals surface area contributed by atoms with Gasteiger partial charge in [0.2, 0.25) is 17.8 Å². The molecule has 0 atom stereocenters. The van der Waals surface area contributed by atoms with Gasteiger partial charge in [0.15, 0.2) is 0 Å². The lowest BCUT2D eigenvalue weighted by Crippen LogP contribution is -2.13. The quantitative estimate of drug-likeness (QED) is 0.180. The highest BCUT2D eigenvalue weighted by atomic mass is 15.3. The standard InChI is InChI=1S/C52H33N7/c1-32-29-30-47-40(31-32)38-20-7-12-26-45(38)58(47)51-53-50(57-43-24-10-4-17-35(43)36-18-5-11-25-44(36)57)54-52(55-51)59-46-27-13-6-19-37(46)39-21-14-28-48(49(39)59)56-41-22-8-2-15-33(41)34-16-3-9-23-42(34)56/h2-31H,1H3. The highest BCUT2D eigenvalue weighted by molar-refractivity contribution is 6.15. The molecule has 13 rings (SSSR count). The number of aromatic nitrogens is 7. The van der Waals surface area contributed by atoms with E-state index in [4.69, 9.17) is 15.0 Å². The van der Waals surface area contributed by atoms with Gasteiger partial charge in [-0.05, 0) is 61.5 Å². The van der Waals surface area contributed by atoms with Crippen LogP contribution in [-0.2, 0) is 0 Å². The lowest BCUT2D eigenvalue weighted by Gasteiger charge is -2.16. The van der Waals surface area contributed by atoms with Crippen molar-refractivity contribution < 1.29 is 0 Å². The van der Waals surface area contributed by atoms with Crippen molar-refractivity contribution in [1.82, 2.24) is 33.2 Å². The molecule has 0 radical (unpaired) electrons. The molecule has 0 aliphatic rings. The van der Waals surface area contributed by atoms with E-state index in [1.807, 2.05) is 0 Å². The van der Waals surface area contributed by atoms with E-state index in [9.17, 15) is 0 Å². The molecule has 13 aromatic rings. The van der Waals surface area contributed by atoms with Gasteiger partial charge in [-0.2, -0.15) is 15.0 Å². The van der Waals surface area contributed by atoms with Crippen LogP contribution in [0.25, 0.3) is 111 Å². The van der Waals surface area contributed by atoms with Crippen molar-refractivity contribution in [2.24, 2.45) is 0 Å². The molecular weight excluding hydrogens is 723 g/mol. The zero-order valence-electron chi connectivity index (χ0n) is 32.0.